The lowest BCUT2D eigenvalue weighted by Crippen LogP contribution is -2.35. The first-order chi connectivity index (χ1) is 11.6. The minimum absolute atomic E-state index is 0.119. The van der Waals surface area contributed by atoms with Crippen LogP contribution in [-0.2, 0) is 20.0 Å². The highest BCUT2D eigenvalue weighted by molar-refractivity contribution is 7.17. The van der Waals surface area contributed by atoms with Gasteiger partial charge in [0.2, 0.25) is 0 Å². The first-order valence-corrected chi connectivity index (χ1v) is 8.90. The molecule has 0 aliphatic carbocycles. The normalized spacial score (nSPS) is 13.8. The van der Waals surface area contributed by atoms with Crippen molar-refractivity contribution in [2.45, 2.75) is 19.9 Å². The molecule has 1 amide bonds. The number of nitrogens with zero attached hydrogens (tertiary/aromatic N) is 3. The average Bonchev–Trinajstić information content (AvgIpc) is 3.21. The number of thiophene rings is 1. The minimum Gasteiger partial charge on any atom is -0.333 e. The Morgan fingerprint density at radius 2 is 1.96 bits per heavy atom. The van der Waals surface area contributed by atoms with Crippen molar-refractivity contribution in [2.24, 2.45) is 7.05 Å². The van der Waals surface area contributed by atoms with E-state index < -0.39 is 0 Å². The molecule has 3 heterocycles. The van der Waals surface area contributed by atoms with Crippen LogP contribution < -0.4 is 0 Å². The van der Waals surface area contributed by atoms with Crippen LogP contribution in [0.2, 0.25) is 0 Å². The Morgan fingerprint density at radius 1 is 1.17 bits per heavy atom. The molecule has 0 fully saturated rings. The van der Waals surface area contributed by atoms with Gasteiger partial charge in [-0.2, -0.15) is 5.10 Å². The fraction of sp³-hybridized carbons (Fsp3) is 0.263. The van der Waals surface area contributed by atoms with Crippen molar-refractivity contribution in [1.29, 1.82) is 0 Å². The van der Waals surface area contributed by atoms with Crippen LogP contribution in [0.25, 0.3) is 10.6 Å². The van der Waals surface area contributed by atoms with Crippen molar-refractivity contribution in [3.8, 4) is 10.6 Å². The second-order valence-corrected chi connectivity index (χ2v) is 7.29. The highest BCUT2D eigenvalue weighted by Gasteiger charge is 2.23. The van der Waals surface area contributed by atoms with Crippen LogP contribution in [0.1, 0.15) is 26.5 Å². The standard InChI is InChI=1S/C19H19N3OS/c1-13-11-16(20-21(13)2)17-7-8-18(24-17)19(23)22-10-9-14-5-3-4-6-15(14)12-22/h3-8,11H,9-10,12H2,1-2H3. The molecule has 3 aromatic rings. The Kier molecular flexibility index (Phi) is 3.73. The summed E-state index contributed by atoms with van der Waals surface area (Å²) in [6.07, 6.45) is 0.930. The van der Waals surface area contributed by atoms with Gasteiger partial charge in [-0.3, -0.25) is 9.48 Å². The molecule has 0 saturated carbocycles. The summed E-state index contributed by atoms with van der Waals surface area (Å²) in [5, 5.41) is 4.50. The Balaban J connectivity index is 1.56. The summed E-state index contributed by atoms with van der Waals surface area (Å²) >= 11 is 1.52. The third-order valence-electron chi connectivity index (χ3n) is 4.60. The third kappa shape index (κ3) is 2.65. The van der Waals surface area contributed by atoms with E-state index in [9.17, 15) is 4.79 Å². The quantitative estimate of drug-likeness (QED) is 0.716. The number of hydrogen-bond acceptors (Lipinski definition) is 3. The Labute approximate surface area is 145 Å². The molecule has 24 heavy (non-hydrogen) atoms. The predicted molar refractivity (Wildman–Crippen MR) is 96.1 cm³/mol. The van der Waals surface area contributed by atoms with Gasteiger partial charge in [0.25, 0.3) is 5.91 Å². The molecule has 0 spiro atoms. The molecule has 0 unspecified atom stereocenters. The van der Waals surface area contributed by atoms with Gasteiger partial charge in [0.15, 0.2) is 0 Å². The maximum absolute atomic E-state index is 12.8. The third-order valence-corrected chi connectivity index (χ3v) is 5.70. The van der Waals surface area contributed by atoms with Crippen LogP contribution in [0.3, 0.4) is 0 Å². The highest BCUT2D eigenvalue weighted by Crippen LogP contribution is 2.29. The predicted octanol–water partition coefficient (Wildman–Crippen LogP) is 3.66. The second-order valence-electron chi connectivity index (χ2n) is 6.20. The molecule has 1 aliphatic heterocycles. The van der Waals surface area contributed by atoms with Crippen LogP contribution in [0, 0.1) is 6.92 Å². The summed E-state index contributed by atoms with van der Waals surface area (Å²) < 4.78 is 1.86. The summed E-state index contributed by atoms with van der Waals surface area (Å²) in [6.45, 7) is 3.51. The smallest absolute Gasteiger partial charge is 0.264 e. The van der Waals surface area contributed by atoms with Gasteiger partial charge in [-0.05, 0) is 42.7 Å². The number of aryl methyl sites for hydroxylation is 2. The summed E-state index contributed by atoms with van der Waals surface area (Å²) in [4.78, 5) is 16.6. The number of hydrogen-bond donors (Lipinski definition) is 0. The van der Waals surface area contributed by atoms with Gasteiger partial charge in [0.05, 0.1) is 9.75 Å². The molecule has 1 aromatic carbocycles. The maximum Gasteiger partial charge on any atom is 0.264 e. The first-order valence-electron chi connectivity index (χ1n) is 8.09. The van der Waals surface area contributed by atoms with Crippen molar-refractivity contribution >= 4 is 17.2 Å². The van der Waals surface area contributed by atoms with Gasteiger partial charge in [-0.15, -0.1) is 11.3 Å². The number of carbonyl (C=O) groups excluding carboxylic acids is 1. The van der Waals surface area contributed by atoms with E-state index >= 15 is 0 Å². The Bertz CT molecular complexity index is 889. The van der Waals surface area contributed by atoms with Crippen LogP contribution >= 0.6 is 11.3 Å². The molecule has 1 aliphatic rings. The van der Waals surface area contributed by atoms with Gasteiger partial charge < -0.3 is 4.90 Å². The summed E-state index contributed by atoms with van der Waals surface area (Å²) in [5.41, 5.74) is 4.66. The van der Waals surface area contributed by atoms with Crippen molar-refractivity contribution in [2.75, 3.05) is 6.54 Å². The van der Waals surface area contributed by atoms with E-state index in [1.54, 1.807) is 0 Å². The van der Waals surface area contributed by atoms with Crippen molar-refractivity contribution in [1.82, 2.24) is 14.7 Å². The number of fused-ring (bicyclic) bond motifs is 1. The Morgan fingerprint density at radius 3 is 2.71 bits per heavy atom. The van der Waals surface area contributed by atoms with Crippen LogP contribution in [0.15, 0.2) is 42.5 Å². The molecule has 0 radical (unpaired) electrons. The van der Waals surface area contributed by atoms with Gasteiger partial charge in [-0.1, -0.05) is 24.3 Å². The van der Waals surface area contributed by atoms with E-state index in [1.165, 1.54) is 22.5 Å². The van der Waals surface area contributed by atoms with E-state index in [1.807, 2.05) is 41.8 Å². The number of benzene rings is 1. The summed E-state index contributed by atoms with van der Waals surface area (Å²) in [7, 11) is 1.93. The summed E-state index contributed by atoms with van der Waals surface area (Å²) in [6, 6.07) is 14.4. The lowest BCUT2D eigenvalue weighted by molar-refractivity contribution is 0.0739. The first kappa shape index (κ1) is 15.1. The minimum atomic E-state index is 0.119. The molecule has 122 valence electrons. The van der Waals surface area contributed by atoms with E-state index in [4.69, 9.17) is 0 Å². The van der Waals surface area contributed by atoms with E-state index in [0.29, 0.717) is 6.54 Å². The van der Waals surface area contributed by atoms with Crippen LogP contribution in [0.5, 0.6) is 0 Å². The van der Waals surface area contributed by atoms with Gasteiger partial charge in [-0.25, -0.2) is 0 Å². The van der Waals surface area contributed by atoms with Gasteiger partial charge in [0, 0.05) is 25.8 Å². The van der Waals surface area contributed by atoms with Crippen molar-refractivity contribution < 1.29 is 4.79 Å². The zero-order valence-corrected chi connectivity index (χ0v) is 14.6. The molecular formula is C19H19N3OS. The van der Waals surface area contributed by atoms with Crippen molar-refractivity contribution in [3.05, 3.63) is 64.2 Å². The number of carbonyl (C=O) groups is 1. The lowest BCUT2D eigenvalue weighted by Gasteiger charge is -2.28. The molecule has 5 heteroatoms. The van der Waals surface area contributed by atoms with Gasteiger partial charge >= 0.3 is 0 Å². The van der Waals surface area contributed by atoms with E-state index in [0.717, 1.165) is 34.1 Å². The van der Waals surface area contributed by atoms with E-state index in [-0.39, 0.29) is 5.91 Å². The average molecular weight is 337 g/mol. The molecule has 4 rings (SSSR count). The van der Waals surface area contributed by atoms with Crippen LogP contribution in [0.4, 0.5) is 0 Å². The fourth-order valence-corrected chi connectivity index (χ4v) is 4.03. The summed E-state index contributed by atoms with van der Waals surface area (Å²) in [5.74, 6) is 0.119. The molecule has 0 bridgehead atoms. The molecule has 2 aromatic heterocycles. The maximum atomic E-state index is 12.8. The monoisotopic (exact) mass is 337 g/mol. The van der Waals surface area contributed by atoms with Gasteiger partial charge in [0.1, 0.15) is 5.69 Å². The zero-order valence-electron chi connectivity index (χ0n) is 13.8. The topological polar surface area (TPSA) is 38.1 Å². The zero-order chi connectivity index (χ0) is 16.7. The molecular weight excluding hydrogens is 318 g/mol. The number of rotatable bonds is 2. The van der Waals surface area contributed by atoms with Crippen LogP contribution in [-0.4, -0.2) is 27.1 Å². The molecule has 4 nitrogen and oxygen atoms in total. The molecule has 0 atom stereocenters. The number of amides is 1. The molecule has 0 saturated heterocycles. The largest absolute Gasteiger partial charge is 0.333 e. The number of aromatic nitrogens is 2. The Hall–Kier alpha value is -2.40. The fourth-order valence-electron chi connectivity index (χ4n) is 3.10. The lowest BCUT2D eigenvalue weighted by atomic mass is 10.00. The SMILES string of the molecule is Cc1cc(-c2ccc(C(=O)N3CCc4ccccc4C3)s2)nn1C. The van der Waals surface area contributed by atoms with Crippen molar-refractivity contribution in [3.63, 3.8) is 0 Å². The second kappa shape index (κ2) is 5.91. The molecule has 0 N–H and O–H groups in total. The highest BCUT2D eigenvalue weighted by atomic mass is 32.1. The van der Waals surface area contributed by atoms with E-state index in [2.05, 4.69) is 29.4 Å².